The number of halogens is 1. The topological polar surface area (TPSA) is 106 Å². The van der Waals surface area contributed by atoms with Crippen molar-refractivity contribution in [3.05, 3.63) is 71.7 Å². The number of carbonyl (C=O) groups excluding carboxylic acids is 3. The molecule has 0 unspecified atom stereocenters. The zero-order chi connectivity index (χ0) is 27.2. The highest BCUT2D eigenvalue weighted by molar-refractivity contribution is 6.07. The number of hydrogen-bond donors (Lipinski definition) is 1. The SMILES string of the molecule is CC(C)C[C@@H](C(=O)N1C[C@]2(C[C@H]1C#N)C(=O)Nc1ccccc12)N(C)C(=O)c1ccc2ncc(F)cc2c1. The fourth-order valence-electron chi connectivity index (χ4n) is 5.63. The van der Waals surface area contributed by atoms with E-state index in [0.29, 0.717) is 28.6 Å². The van der Waals surface area contributed by atoms with E-state index in [1.54, 1.807) is 25.2 Å². The van der Waals surface area contributed by atoms with E-state index in [1.165, 1.54) is 15.9 Å². The molecule has 2 aliphatic heterocycles. The molecule has 2 aromatic carbocycles. The van der Waals surface area contributed by atoms with Gasteiger partial charge in [0.1, 0.15) is 17.9 Å². The minimum Gasteiger partial charge on any atom is -0.330 e. The summed E-state index contributed by atoms with van der Waals surface area (Å²) in [5, 5.41) is 13.4. The number of pyridine rings is 1. The van der Waals surface area contributed by atoms with Crippen molar-refractivity contribution < 1.29 is 18.8 Å². The first-order valence-corrected chi connectivity index (χ1v) is 12.6. The predicted molar refractivity (Wildman–Crippen MR) is 140 cm³/mol. The van der Waals surface area contributed by atoms with E-state index in [9.17, 15) is 24.0 Å². The van der Waals surface area contributed by atoms with Crippen molar-refractivity contribution in [2.24, 2.45) is 5.92 Å². The van der Waals surface area contributed by atoms with Crippen molar-refractivity contribution in [2.45, 2.75) is 44.2 Å². The third-order valence-electron chi connectivity index (χ3n) is 7.58. The van der Waals surface area contributed by atoms with Crippen molar-refractivity contribution in [1.29, 1.82) is 5.26 Å². The number of nitrogens with zero attached hydrogens (tertiary/aromatic N) is 4. The van der Waals surface area contributed by atoms with Crippen LogP contribution in [0.3, 0.4) is 0 Å². The van der Waals surface area contributed by atoms with E-state index < -0.39 is 29.2 Å². The average Bonchev–Trinajstić information content (AvgIpc) is 3.43. The third-order valence-corrected chi connectivity index (χ3v) is 7.58. The summed E-state index contributed by atoms with van der Waals surface area (Å²) >= 11 is 0. The molecule has 0 saturated carbocycles. The Bertz CT molecular complexity index is 1500. The minimum atomic E-state index is -1.01. The number of aromatic nitrogens is 1. The first-order chi connectivity index (χ1) is 18.1. The van der Waals surface area contributed by atoms with E-state index in [0.717, 1.165) is 11.8 Å². The van der Waals surface area contributed by atoms with Crippen LogP contribution in [0.4, 0.5) is 10.1 Å². The summed E-state index contributed by atoms with van der Waals surface area (Å²) in [6.45, 7) is 3.97. The van der Waals surface area contributed by atoms with Gasteiger partial charge in [0.25, 0.3) is 5.91 Å². The second kappa shape index (κ2) is 9.53. The van der Waals surface area contributed by atoms with Crippen LogP contribution in [0.5, 0.6) is 0 Å². The van der Waals surface area contributed by atoms with Crippen LogP contribution in [0, 0.1) is 23.1 Å². The van der Waals surface area contributed by atoms with E-state index in [1.807, 2.05) is 38.1 Å². The molecule has 3 atom stereocenters. The maximum Gasteiger partial charge on any atom is 0.254 e. The fraction of sp³-hybridized carbons (Fsp3) is 0.345. The summed E-state index contributed by atoms with van der Waals surface area (Å²) in [6.07, 6.45) is 1.67. The molecule has 1 aromatic heterocycles. The number of benzene rings is 2. The summed E-state index contributed by atoms with van der Waals surface area (Å²) in [4.78, 5) is 47.6. The third kappa shape index (κ3) is 4.16. The molecule has 1 saturated heterocycles. The van der Waals surface area contributed by atoms with Gasteiger partial charge >= 0.3 is 0 Å². The molecule has 5 rings (SSSR count). The highest BCUT2D eigenvalue weighted by Gasteiger charge is 2.56. The number of anilines is 1. The van der Waals surface area contributed by atoms with Gasteiger partial charge in [-0.1, -0.05) is 32.0 Å². The molecule has 3 amide bonds. The lowest BCUT2D eigenvalue weighted by atomic mass is 9.80. The van der Waals surface area contributed by atoms with E-state index in [-0.39, 0.29) is 30.7 Å². The van der Waals surface area contributed by atoms with Crippen LogP contribution in [0.15, 0.2) is 54.7 Å². The second-order valence-electron chi connectivity index (χ2n) is 10.5. The number of rotatable bonds is 5. The minimum absolute atomic E-state index is 0.0600. The zero-order valence-electron chi connectivity index (χ0n) is 21.4. The monoisotopic (exact) mass is 513 g/mol. The molecule has 1 fully saturated rings. The quantitative estimate of drug-likeness (QED) is 0.557. The van der Waals surface area contributed by atoms with Crippen LogP contribution in [0.25, 0.3) is 10.9 Å². The molecule has 2 aliphatic rings. The maximum atomic E-state index is 14.0. The molecule has 38 heavy (non-hydrogen) atoms. The summed E-state index contributed by atoms with van der Waals surface area (Å²) in [5.41, 5.74) is 1.31. The van der Waals surface area contributed by atoms with Crippen molar-refractivity contribution in [3.8, 4) is 6.07 Å². The molecular weight excluding hydrogens is 485 g/mol. The Morgan fingerprint density at radius 2 is 2.03 bits per heavy atom. The maximum absolute atomic E-state index is 14.0. The van der Waals surface area contributed by atoms with Gasteiger partial charge in [-0.15, -0.1) is 0 Å². The number of hydrogen-bond acceptors (Lipinski definition) is 5. The van der Waals surface area contributed by atoms with Crippen molar-refractivity contribution in [2.75, 3.05) is 18.9 Å². The van der Waals surface area contributed by atoms with E-state index in [4.69, 9.17) is 0 Å². The van der Waals surface area contributed by atoms with Gasteiger partial charge in [0, 0.05) is 36.7 Å². The van der Waals surface area contributed by atoms with Crippen molar-refractivity contribution >= 4 is 34.3 Å². The molecule has 3 heterocycles. The van der Waals surface area contributed by atoms with Gasteiger partial charge in [-0.3, -0.25) is 19.4 Å². The van der Waals surface area contributed by atoms with E-state index >= 15 is 0 Å². The van der Waals surface area contributed by atoms with Crippen LogP contribution >= 0.6 is 0 Å². The summed E-state index contributed by atoms with van der Waals surface area (Å²) < 4.78 is 13.7. The van der Waals surface area contributed by atoms with Gasteiger partial charge in [-0.2, -0.15) is 5.26 Å². The molecule has 8 nitrogen and oxygen atoms in total. The summed E-state index contributed by atoms with van der Waals surface area (Å²) in [6, 6.07) is 14.0. The first-order valence-electron chi connectivity index (χ1n) is 12.6. The second-order valence-corrected chi connectivity index (χ2v) is 10.5. The number of likely N-dealkylation sites (tertiary alicyclic amines) is 1. The smallest absolute Gasteiger partial charge is 0.254 e. The van der Waals surface area contributed by atoms with Crippen LogP contribution < -0.4 is 5.32 Å². The Morgan fingerprint density at radius 3 is 2.76 bits per heavy atom. The molecule has 194 valence electrons. The number of amides is 3. The Morgan fingerprint density at radius 1 is 1.26 bits per heavy atom. The van der Waals surface area contributed by atoms with Crippen LogP contribution in [-0.4, -0.2) is 58.2 Å². The normalized spacial score (nSPS) is 20.9. The molecule has 1 N–H and O–H groups in total. The highest BCUT2D eigenvalue weighted by atomic mass is 19.1. The van der Waals surface area contributed by atoms with Gasteiger partial charge in [0.15, 0.2) is 0 Å². The number of fused-ring (bicyclic) bond motifs is 3. The Hall–Kier alpha value is -4.32. The highest BCUT2D eigenvalue weighted by Crippen LogP contribution is 2.46. The Balaban J connectivity index is 1.46. The van der Waals surface area contributed by atoms with Crippen molar-refractivity contribution in [1.82, 2.24) is 14.8 Å². The lowest BCUT2D eigenvalue weighted by Gasteiger charge is -2.33. The fourth-order valence-corrected chi connectivity index (χ4v) is 5.63. The van der Waals surface area contributed by atoms with Crippen LogP contribution in [-0.2, 0) is 15.0 Å². The largest absolute Gasteiger partial charge is 0.330 e. The molecule has 1 spiro atoms. The standard InChI is InChI=1S/C29H28FN5O3/c1-17(2)10-25(34(3)26(36)18-8-9-23-19(11-18)12-20(30)15-32-23)27(37)35-16-29(13-21(35)14-31)22-6-4-5-7-24(22)33-28(29)38/h4-9,11-12,15,17,21,25H,10,13,16H2,1-3H3,(H,33,38)/t21-,25-,29-/m0/s1. The van der Waals surface area contributed by atoms with Crippen molar-refractivity contribution in [3.63, 3.8) is 0 Å². The van der Waals surface area contributed by atoms with Gasteiger partial charge in [-0.05, 0) is 48.2 Å². The number of carbonyl (C=O) groups is 3. The van der Waals surface area contributed by atoms with Gasteiger partial charge in [0.2, 0.25) is 11.8 Å². The van der Waals surface area contributed by atoms with Gasteiger partial charge in [0.05, 0.1) is 23.2 Å². The van der Waals surface area contributed by atoms with Gasteiger partial charge in [-0.25, -0.2) is 4.39 Å². The molecule has 0 aliphatic carbocycles. The van der Waals surface area contributed by atoms with Crippen LogP contribution in [0.1, 0.15) is 42.6 Å². The zero-order valence-corrected chi connectivity index (χ0v) is 21.4. The Labute approximate surface area is 220 Å². The number of likely N-dealkylation sites (N-methyl/N-ethyl adjacent to an activating group) is 1. The lowest BCUT2D eigenvalue weighted by molar-refractivity contribution is -0.136. The molecule has 0 bridgehead atoms. The van der Waals surface area contributed by atoms with Gasteiger partial charge < -0.3 is 15.1 Å². The average molecular weight is 514 g/mol. The lowest BCUT2D eigenvalue weighted by Crippen LogP contribution is -2.52. The number of nitrogens with one attached hydrogen (secondary N) is 1. The first kappa shape index (κ1) is 25.3. The molecule has 9 heteroatoms. The summed E-state index contributed by atoms with van der Waals surface area (Å²) in [5.74, 6) is -1.44. The molecular formula is C29H28FN5O3. The number of para-hydroxylation sites is 1. The summed E-state index contributed by atoms with van der Waals surface area (Å²) in [7, 11) is 1.56. The Kier molecular flexibility index (Phi) is 6.35. The molecule has 0 radical (unpaired) electrons. The van der Waals surface area contributed by atoms with Crippen LogP contribution in [0.2, 0.25) is 0 Å². The molecule has 3 aromatic rings. The van der Waals surface area contributed by atoms with E-state index in [2.05, 4.69) is 16.4 Å². The predicted octanol–water partition coefficient (Wildman–Crippen LogP) is 3.88. The number of nitriles is 1.